The number of piperazine rings is 1. The predicted molar refractivity (Wildman–Crippen MR) is 90.0 cm³/mol. The monoisotopic (exact) mass is 346 g/mol. The minimum atomic E-state index is 0.0280. The molecule has 1 amide bonds. The van der Waals surface area contributed by atoms with Crippen LogP contribution in [0.25, 0.3) is 11.4 Å². The summed E-state index contributed by atoms with van der Waals surface area (Å²) in [4.78, 5) is 20.3. The minimum absolute atomic E-state index is 0.0280. The molecule has 1 aliphatic rings. The first-order valence-electron chi connectivity index (χ1n) is 8.15. The topological polar surface area (TPSA) is 80.9 Å². The van der Waals surface area contributed by atoms with Gasteiger partial charge in [0, 0.05) is 38.9 Å². The molecule has 3 rings (SSSR count). The molecule has 0 N–H and O–H groups in total. The second-order valence-electron chi connectivity index (χ2n) is 5.83. The van der Waals surface area contributed by atoms with Gasteiger partial charge in [-0.05, 0) is 12.1 Å². The number of ether oxygens (including phenoxy) is 2. The third-order valence-corrected chi connectivity index (χ3v) is 4.15. The molecule has 0 aliphatic carbocycles. The van der Waals surface area contributed by atoms with Gasteiger partial charge in [0.1, 0.15) is 12.4 Å². The van der Waals surface area contributed by atoms with Crippen LogP contribution in [0.1, 0.15) is 5.89 Å². The second kappa shape index (κ2) is 8.09. The molecule has 134 valence electrons. The molecule has 0 saturated carbocycles. The van der Waals surface area contributed by atoms with Gasteiger partial charge >= 0.3 is 0 Å². The van der Waals surface area contributed by atoms with Gasteiger partial charge in [0.15, 0.2) is 0 Å². The zero-order valence-corrected chi connectivity index (χ0v) is 14.5. The smallest absolute Gasteiger partial charge is 0.248 e. The number of rotatable bonds is 6. The molecule has 0 radical (unpaired) electrons. The van der Waals surface area contributed by atoms with Crippen molar-refractivity contribution >= 4 is 5.91 Å². The van der Waals surface area contributed by atoms with Crippen molar-refractivity contribution in [3.8, 4) is 17.1 Å². The van der Waals surface area contributed by atoms with Crippen molar-refractivity contribution in [2.24, 2.45) is 0 Å². The summed E-state index contributed by atoms with van der Waals surface area (Å²) in [6.07, 6.45) is 0. The van der Waals surface area contributed by atoms with Crippen molar-refractivity contribution < 1.29 is 18.8 Å². The van der Waals surface area contributed by atoms with Gasteiger partial charge in [-0.15, -0.1) is 0 Å². The number of nitrogens with zero attached hydrogens (tertiary/aromatic N) is 4. The Hall–Kier alpha value is -2.45. The second-order valence-corrected chi connectivity index (χ2v) is 5.83. The van der Waals surface area contributed by atoms with Crippen LogP contribution in [0.4, 0.5) is 0 Å². The van der Waals surface area contributed by atoms with Gasteiger partial charge in [0.25, 0.3) is 0 Å². The maximum Gasteiger partial charge on any atom is 0.248 e. The molecular weight excluding hydrogens is 324 g/mol. The number of hydrogen-bond acceptors (Lipinski definition) is 7. The van der Waals surface area contributed by atoms with Crippen LogP contribution in [0.15, 0.2) is 28.8 Å². The van der Waals surface area contributed by atoms with E-state index in [0.29, 0.717) is 31.3 Å². The number of hydrogen-bond donors (Lipinski definition) is 0. The summed E-state index contributed by atoms with van der Waals surface area (Å²) in [7, 11) is 3.15. The zero-order valence-electron chi connectivity index (χ0n) is 14.5. The minimum Gasteiger partial charge on any atom is -0.497 e. The molecule has 1 saturated heterocycles. The van der Waals surface area contributed by atoms with Crippen molar-refractivity contribution in [2.45, 2.75) is 6.54 Å². The van der Waals surface area contributed by atoms with Crippen molar-refractivity contribution in [3.63, 3.8) is 0 Å². The normalized spacial score (nSPS) is 15.4. The zero-order chi connectivity index (χ0) is 17.6. The molecule has 8 nitrogen and oxygen atoms in total. The molecule has 0 spiro atoms. The summed E-state index contributed by atoms with van der Waals surface area (Å²) in [5, 5.41) is 4.05. The standard InChI is InChI=1S/C17H22N4O4/c1-23-12-16(22)21-8-6-20(7-9-21)11-15-18-17(19-25-15)13-4-3-5-14(10-13)24-2/h3-5,10H,6-9,11-12H2,1-2H3. The highest BCUT2D eigenvalue weighted by Gasteiger charge is 2.22. The Labute approximate surface area is 146 Å². The van der Waals surface area contributed by atoms with E-state index in [1.807, 2.05) is 29.2 Å². The lowest BCUT2D eigenvalue weighted by molar-refractivity contribution is -0.137. The van der Waals surface area contributed by atoms with Crippen LogP contribution in [-0.4, -0.2) is 72.9 Å². The van der Waals surface area contributed by atoms with E-state index in [-0.39, 0.29) is 12.5 Å². The first-order valence-corrected chi connectivity index (χ1v) is 8.15. The summed E-state index contributed by atoms with van der Waals surface area (Å²) in [6.45, 7) is 3.60. The third kappa shape index (κ3) is 4.34. The average Bonchev–Trinajstić information content (AvgIpc) is 3.11. The van der Waals surface area contributed by atoms with Gasteiger partial charge in [-0.2, -0.15) is 4.98 Å². The summed E-state index contributed by atoms with van der Waals surface area (Å²) >= 11 is 0. The SMILES string of the molecule is COCC(=O)N1CCN(Cc2nc(-c3cccc(OC)c3)no2)CC1. The highest BCUT2D eigenvalue weighted by Crippen LogP contribution is 2.21. The van der Waals surface area contributed by atoms with Gasteiger partial charge in [-0.3, -0.25) is 9.69 Å². The fourth-order valence-corrected chi connectivity index (χ4v) is 2.76. The average molecular weight is 346 g/mol. The van der Waals surface area contributed by atoms with Crippen LogP contribution in [0.3, 0.4) is 0 Å². The Bertz CT molecular complexity index is 710. The number of amides is 1. The van der Waals surface area contributed by atoms with E-state index in [2.05, 4.69) is 15.0 Å². The summed E-state index contributed by atoms with van der Waals surface area (Å²) in [5.74, 6) is 1.89. The molecule has 1 aromatic heterocycles. The van der Waals surface area contributed by atoms with Gasteiger partial charge in [-0.25, -0.2) is 0 Å². The van der Waals surface area contributed by atoms with E-state index in [1.165, 1.54) is 7.11 Å². The van der Waals surface area contributed by atoms with Crippen molar-refractivity contribution in [1.29, 1.82) is 0 Å². The lowest BCUT2D eigenvalue weighted by atomic mass is 10.2. The Kier molecular flexibility index (Phi) is 5.62. The molecule has 1 aromatic carbocycles. The number of carbonyl (C=O) groups is 1. The maximum atomic E-state index is 11.8. The van der Waals surface area contributed by atoms with Crippen molar-refractivity contribution in [2.75, 3.05) is 47.0 Å². The number of methoxy groups -OCH3 is 2. The summed E-state index contributed by atoms with van der Waals surface area (Å²) < 4.78 is 15.5. The fourth-order valence-electron chi connectivity index (χ4n) is 2.76. The summed E-state index contributed by atoms with van der Waals surface area (Å²) in [6, 6.07) is 7.54. The van der Waals surface area contributed by atoms with Gasteiger partial charge in [0.05, 0.1) is 13.7 Å². The molecule has 0 unspecified atom stereocenters. The van der Waals surface area contributed by atoms with Gasteiger partial charge in [-0.1, -0.05) is 17.3 Å². The number of benzene rings is 1. The molecule has 1 aliphatic heterocycles. The van der Waals surface area contributed by atoms with E-state index in [4.69, 9.17) is 14.0 Å². The van der Waals surface area contributed by atoms with Gasteiger partial charge < -0.3 is 18.9 Å². The maximum absolute atomic E-state index is 11.8. The van der Waals surface area contributed by atoms with Crippen LogP contribution >= 0.6 is 0 Å². The van der Waals surface area contributed by atoms with E-state index in [0.717, 1.165) is 24.4 Å². The van der Waals surface area contributed by atoms with Crippen LogP contribution in [0, 0.1) is 0 Å². The van der Waals surface area contributed by atoms with Crippen LogP contribution < -0.4 is 4.74 Å². The molecule has 25 heavy (non-hydrogen) atoms. The third-order valence-electron chi connectivity index (χ3n) is 4.15. The van der Waals surface area contributed by atoms with Crippen LogP contribution in [0.2, 0.25) is 0 Å². The predicted octanol–water partition coefficient (Wildman–Crippen LogP) is 1.04. The van der Waals surface area contributed by atoms with Crippen LogP contribution in [0.5, 0.6) is 5.75 Å². The van der Waals surface area contributed by atoms with Crippen LogP contribution in [-0.2, 0) is 16.1 Å². The molecule has 2 heterocycles. The van der Waals surface area contributed by atoms with Gasteiger partial charge in [0.2, 0.25) is 17.6 Å². The molecule has 0 atom stereocenters. The molecule has 8 heteroatoms. The van der Waals surface area contributed by atoms with Crippen molar-refractivity contribution in [3.05, 3.63) is 30.2 Å². The molecule has 2 aromatic rings. The van der Waals surface area contributed by atoms with E-state index in [9.17, 15) is 4.79 Å². The largest absolute Gasteiger partial charge is 0.497 e. The Morgan fingerprint density at radius 1 is 1.24 bits per heavy atom. The Morgan fingerprint density at radius 2 is 2.04 bits per heavy atom. The first-order chi connectivity index (χ1) is 12.2. The first kappa shape index (κ1) is 17.4. The molecular formula is C17H22N4O4. The lowest BCUT2D eigenvalue weighted by Crippen LogP contribution is -2.49. The highest BCUT2D eigenvalue weighted by molar-refractivity contribution is 5.77. The molecule has 1 fully saturated rings. The Balaban J connectivity index is 1.56. The highest BCUT2D eigenvalue weighted by atomic mass is 16.5. The fraction of sp³-hybridized carbons (Fsp3) is 0.471. The number of carbonyl (C=O) groups excluding carboxylic acids is 1. The summed E-state index contributed by atoms with van der Waals surface area (Å²) in [5.41, 5.74) is 0.851. The molecule has 0 bridgehead atoms. The van der Waals surface area contributed by atoms with E-state index >= 15 is 0 Å². The van der Waals surface area contributed by atoms with E-state index < -0.39 is 0 Å². The lowest BCUT2D eigenvalue weighted by Gasteiger charge is -2.33. The van der Waals surface area contributed by atoms with E-state index in [1.54, 1.807) is 7.11 Å². The Morgan fingerprint density at radius 3 is 2.76 bits per heavy atom. The quantitative estimate of drug-likeness (QED) is 0.773. The van der Waals surface area contributed by atoms with Crippen molar-refractivity contribution in [1.82, 2.24) is 19.9 Å². The number of aromatic nitrogens is 2.